The van der Waals surface area contributed by atoms with Crippen LogP contribution >= 0.6 is 0 Å². The van der Waals surface area contributed by atoms with Gasteiger partial charge in [-0.15, -0.1) is 0 Å². The standard InChI is InChI=1S/C28H29N3O2/c1-4-6-14-33-27-13-12-20(17-30-27)22-16-23-25(15-19(22)3)29-18-24(26(32)5-2)28(23)31-21-10-8-7-9-11-21/h7-13,15-18H,4-6,14H2,1-3H3,(H,29,31). The third kappa shape index (κ3) is 5.03. The average Bonchev–Trinajstić information content (AvgIpc) is 2.85. The van der Waals surface area contributed by atoms with Crippen LogP contribution in [0.5, 0.6) is 5.88 Å². The van der Waals surface area contributed by atoms with E-state index < -0.39 is 0 Å². The lowest BCUT2D eigenvalue weighted by Gasteiger charge is -2.16. The fourth-order valence-electron chi connectivity index (χ4n) is 3.80. The molecule has 0 radical (unpaired) electrons. The van der Waals surface area contributed by atoms with Crippen LogP contribution in [0, 0.1) is 6.92 Å². The molecule has 33 heavy (non-hydrogen) atoms. The minimum absolute atomic E-state index is 0.0557. The van der Waals surface area contributed by atoms with Crippen LogP contribution < -0.4 is 10.1 Å². The molecule has 168 valence electrons. The highest BCUT2D eigenvalue weighted by molar-refractivity contribution is 6.09. The van der Waals surface area contributed by atoms with Crippen LogP contribution in [0.25, 0.3) is 22.0 Å². The van der Waals surface area contributed by atoms with Crippen LogP contribution in [-0.4, -0.2) is 22.4 Å². The van der Waals surface area contributed by atoms with Crippen molar-refractivity contribution in [3.63, 3.8) is 0 Å². The molecule has 0 aliphatic rings. The van der Waals surface area contributed by atoms with Crippen LogP contribution in [0.1, 0.15) is 49.0 Å². The number of nitrogens with zero attached hydrogens (tertiary/aromatic N) is 2. The predicted octanol–water partition coefficient (Wildman–Crippen LogP) is 7.12. The molecule has 4 aromatic rings. The molecule has 0 amide bonds. The molecule has 2 aromatic carbocycles. The second kappa shape index (κ2) is 10.3. The van der Waals surface area contributed by atoms with Crippen molar-refractivity contribution < 1.29 is 9.53 Å². The average molecular weight is 440 g/mol. The fraction of sp³-hybridized carbons (Fsp3) is 0.250. The predicted molar refractivity (Wildman–Crippen MR) is 134 cm³/mol. The van der Waals surface area contributed by atoms with Gasteiger partial charge in [0.1, 0.15) is 0 Å². The Hall–Kier alpha value is -3.73. The van der Waals surface area contributed by atoms with Crippen molar-refractivity contribution in [1.82, 2.24) is 9.97 Å². The maximum Gasteiger partial charge on any atom is 0.213 e. The summed E-state index contributed by atoms with van der Waals surface area (Å²) in [6.45, 7) is 6.75. The van der Waals surface area contributed by atoms with E-state index >= 15 is 0 Å². The highest BCUT2D eigenvalue weighted by Crippen LogP contribution is 2.35. The fourth-order valence-corrected chi connectivity index (χ4v) is 3.80. The Labute approximate surface area is 194 Å². The van der Waals surface area contributed by atoms with Crippen molar-refractivity contribution in [3.8, 4) is 17.0 Å². The van der Waals surface area contributed by atoms with E-state index in [-0.39, 0.29) is 5.78 Å². The Kier molecular flexibility index (Phi) is 6.98. The molecule has 2 aromatic heterocycles. The molecule has 0 spiro atoms. The Balaban J connectivity index is 1.80. The number of carbonyl (C=O) groups is 1. The number of aromatic nitrogens is 2. The molecule has 4 rings (SSSR count). The molecule has 2 heterocycles. The van der Waals surface area contributed by atoms with Gasteiger partial charge in [0.25, 0.3) is 0 Å². The molecule has 0 unspecified atom stereocenters. The summed E-state index contributed by atoms with van der Waals surface area (Å²) in [5.41, 5.74) is 6.29. The number of aryl methyl sites for hydroxylation is 1. The first-order valence-electron chi connectivity index (χ1n) is 11.5. The van der Waals surface area contributed by atoms with E-state index in [2.05, 4.69) is 41.3 Å². The van der Waals surface area contributed by atoms with E-state index in [9.17, 15) is 4.79 Å². The van der Waals surface area contributed by atoms with E-state index in [1.807, 2.05) is 55.6 Å². The zero-order valence-corrected chi connectivity index (χ0v) is 19.4. The van der Waals surface area contributed by atoms with Gasteiger partial charge in [-0.2, -0.15) is 0 Å². The van der Waals surface area contributed by atoms with Crippen LogP contribution in [0.4, 0.5) is 11.4 Å². The SMILES string of the molecule is CCCCOc1ccc(-c2cc3c(Nc4ccccc4)c(C(=O)CC)cnc3cc2C)cn1. The number of ketones is 1. The van der Waals surface area contributed by atoms with Gasteiger partial charge in [-0.3, -0.25) is 9.78 Å². The normalized spacial score (nSPS) is 10.9. The van der Waals surface area contributed by atoms with Crippen molar-refractivity contribution in [3.05, 3.63) is 78.1 Å². The number of para-hydroxylation sites is 1. The molecule has 0 atom stereocenters. The number of ether oxygens (including phenoxy) is 1. The van der Waals surface area contributed by atoms with Crippen molar-refractivity contribution in [2.75, 3.05) is 11.9 Å². The summed E-state index contributed by atoms with van der Waals surface area (Å²) >= 11 is 0. The summed E-state index contributed by atoms with van der Waals surface area (Å²) in [7, 11) is 0. The van der Waals surface area contributed by atoms with Gasteiger partial charge in [0.05, 0.1) is 23.4 Å². The van der Waals surface area contributed by atoms with Crippen LogP contribution in [0.15, 0.2) is 67.0 Å². The number of hydrogen-bond donors (Lipinski definition) is 1. The molecule has 0 aliphatic carbocycles. The van der Waals surface area contributed by atoms with Crippen molar-refractivity contribution in [1.29, 1.82) is 0 Å². The molecular weight excluding hydrogens is 410 g/mol. The summed E-state index contributed by atoms with van der Waals surface area (Å²) in [4.78, 5) is 21.8. The largest absolute Gasteiger partial charge is 0.478 e. The van der Waals surface area contributed by atoms with Crippen molar-refractivity contribution in [2.24, 2.45) is 0 Å². The lowest BCUT2D eigenvalue weighted by molar-refractivity contribution is 0.0989. The highest BCUT2D eigenvalue weighted by Gasteiger charge is 2.17. The summed E-state index contributed by atoms with van der Waals surface area (Å²) in [5.74, 6) is 0.690. The maximum atomic E-state index is 12.7. The van der Waals surface area contributed by atoms with Gasteiger partial charge in [0.2, 0.25) is 5.88 Å². The number of pyridine rings is 2. The van der Waals surface area contributed by atoms with Gasteiger partial charge >= 0.3 is 0 Å². The van der Waals surface area contributed by atoms with Crippen LogP contribution in [0.3, 0.4) is 0 Å². The minimum atomic E-state index is 0.0557. The Morgan fingerprint density at radius 3 is 2.52 bits per heavy atom. The van der Waals surface area contributed by atoms with E-state index in [4.69, 9.17) is 4.74 Å². The molecule has 0 bridgehead atoms. The first-order valence-corrected chi connectivity index (χ1v) is 11.5. The Morgan fingerprint density at radius 2 is 1.82 bits per heavy atom. The molecule has 5 heteroatoms. The van der Waals surface area contributed by atoms with Gasteiger partial charge in [-0.05, 0) is 54.8 Å². The maximum absolute atomic E-state index is 12.7. The number of hydrogen-bond acceptors (Lipinski definition) is 5. The quantitative estimate of drug-likeness (QED) is 0.222. The molecular formula is C28H29N3O2. The zero-order chi connectivity index (χ0) is 23.2. The molecule has 0 saturated heterocycles. The van der Waals surface area contributed by atoms with Gasteiger partial charge in [-0.25, -0.2) is 4.98 Å². The van der Waals surface area contributed by atoms with E-state index in [0.29, 0.717) is 24.5 Å². The molecule has 0 saturated carbocycles. The summed E-state index contributed by atoms with van der Waals surface area (Å²) in [6.07, 6.45) is 6.04. The molecule has 0 fully saturated rings. The Morgan fingerprint density at radius 1 is 1.00 bits per heavy atom. The number of Topliss-reactive ketones (excluding diaryl/α,β-unsaturated/α-hetero) is 1. The second-order valence-electron chi connectivity index (χ2n) is 8.09. The zero-order valence-electron chi connectivity index (χ0n) is 19.4. The summed E-state index contributed by atoms with van der Waals surface area (Å²) in [6, 6.07) is 18.0. The number of rotatable bonds is 9. The number of fused-ring (bicyclic) bond motifs is 1. The van der Waals surface area contributed by atoms with Crippen LogP contribution in [0.2, 0.25) is 0 Å². The van der Waals surface area contributed by atoms with Crippen LogP contribution in [-0.2, 0) is 0 Å². The third-order valence-electron chi connectivity index (χ3n) is 5.67. The third-order valence-corrected chi connectivity index (χ3v) is 5.67. The van der Waals surface area contributed by atoms with Crippen molar-refractivity contribution in [2.45, 2.75) is 40.0 Å². The number of unbranched alkanes of at least 4 members (excludes halogenated alkanes) is 1. The number of anilines is 2. The van der Waals surface area contributed by atoms with Gasteiger partial charge < -0.3 is 10.1 Å². The smallest absolute Gasteiger partial charge is 0.213 e. The van der Waals surface area contributed by atoms with E-state index in [0.717, 1.165) is 51.8 Å². The lowest BCUT2D eigenvalue weighted by Crippen LogP contribution is -2.05. The number of nitrogens with one attached hydrogen (secondary N) is 1. The summed E-state index contributed by atoms with van der Waals surface area (Å²) in [5, 5.41) is 4.37. The van der Waals surface area contributed by atoms with Gasteiger partial charge in [0, 0.05) is 41.5 Å². The number of benzene rings is 2. The minimum Gasteiger partial charge on any atom is -0.478 e. The first-order chi connectivity index (χ1) is 16.1. The van der Waals surface area contributed by atoms with Gasteiger partial charge in [0.15, 0.2) is 5.78 Å². The Bertz CT molecular complexity index is 1250. The summed E-state index contributed by atoms with van der Waals surface area (Å²) < 4.78 is 5.71. The molecule has 0 aliphatic heterocycles. The van der Waals surface area contributed by atoms with E-state index in [1.165, 1.54) is 0 Å². The van der Waals surface area contributed by atoms with Crippen molar-refractivity contribution >= 4 is 28.1 Å². The monoisotopic (exact) mass is 439 g/mol. The molecule has 1 N–H and O–H groups in total. The first kappa shape index (κ1) is 22.5. The lowest BCUT2D eigenvalue weighted by atomic mass is 9.96. The second-order valence-corrected chi connectivity index (χ2v) is 8.09. The molecule has 5 nitrogen and oxygen atoms in total. The highest BCUT2D eigenvalue weighted by atomic mass is 16.5. The van der Waals surface area contributed by atoms with E-state index in [1.54, 1.807) is 6.20 Å². The van der Waals surface area contributed by atoms with Gasteiger partial charge in [-0.1, -0.05) is 38.5 Å². The topological polar surface area (TPSA) is 64.1 Å². The number of carbonyl (C=O) groups excluding carboxylic acids is 1.